The van der Waals surface area contributed by atoms with Gasteiger partial charge in [-0.15, -0.1) is 0 Å². The van der Waals surface area contributed by atoms with Crippen LogP contribution in [0.5, 0.6) is 0 Å². The van der Waals surface area contributed by atoms with Crippen molar-refractivity contribution in [2.75, 3.05) is 31.1 Å². The Labute approximate surface area is 158 Å². The van der Waals surface area contributed by atoms with Gasteiger partial charge in [0.1, 0.15) is 12.6 Å². The van der Waals surface area contributed by atoms with Crippen molar-refractivity contribution >= 4 is 23.4 Å². The molecular weight excluding hydrogens is 346 g/mol. The highest BCUT2D eigenvalue weighted by molar-refractivity contribution is 6.12. The average molecular weight is 371 g/mol. The Balaban J connectivity index is 1.57. The Kier molecular flexibility index (Phi) is 4.86. The van der Waals surface area contributed by atoms with Crippen LogP contribution in [-0.2, 0) is 14.3 Å². The van der Waals surface area contributed by atoms with Crippen molar-refractivity contribution in [3.05, 3.63) is 29.3 Å². The van der Waals surface area contributed by atoms with Crippen molar-refractivity contribution in [2.24, 2.45) is 0 Å². The quantitative estimate of drug-likeness (QED) is 0.864. The molecule has 3 aliphatic heterocycles. The number of ether oxygens (including phenoxy) is 1. The summed E-state index contributed by atoms with van der Waals surface area (Å²) in [5.74, 6) is -0.521. The molecule has 0 aromatic heterocycles. The van der Waals surface area contributed by atoms with Gasteiger partial charge in [-0.25, -0.2) is 0 Å². The Bertz CT molecular complexity index is 772. The highest BCUT2D eigenvalue weighted by Gasteiger charge is 2.42. The second-order valence-corrected chi connectivity index (χ2v) is 7.54. The summed E-state index contributed by atoms with van der Waals surface area (Å²) < 4.78 is 5.53. The Morgan fingerprint density at radius 1 is 1.26 bits per heavy atom. The lowest BCUT2D eigenvalue weighted by Gasteiger charge is -2.25. The fourth-order valence-electron chi connectivity index (χ4n) is 4.17. The Hall–Kier alpha value is -2.41. The topological polar surface area (TPSA) is 79.0 Å². The first-order valence-electron chi connectivity index (χ1n) is 9.66. The molecule has 0 spiro atoms. The first-order chi connectivity index (χ1) is 13.0. The zero-order chi connectivity index (χ0) is 19.0. The van der Waals surface area contributed by atoms with Crippen molar-refractivity contribution in [1.29, 1.82) is 0 Å². The summed E-state index contributed by atoms with van der Waals surface area (Å²) in [6, 6.07) is 4.97. The lowest BCUT2D eigenvalue weighted by Crippen LogP contribution is -2.48. The van der Waals surface area contributed by atoms with Crippen LogP contribution in [0.25, 0.3) is 0 Å². The molecule has 0 bridgehead atoms. The van der Waals surface area contributed by atoms with E-state index in [1.807, 2.05) is 19.1 Å². The van der Waals surface area contributed by atoms with Crippen LogP contribution in [0.3, 0.4) is 0 Å². The Morgan fingerprint density at radius 2 is 2.11 bits per heavy atom. The van der Waals surface area contributed by atoms with E-state index >= 15 is 0 Å². The number of amides is 3. The number of anilines is 1. The highest BCUT2D eigenvalue weighted by Crippen LogP contribution is 2.32. The molecule has 1 aromatic carbocycles. The predicted octanol–water partition coefficient (Wildman–Crippen LogP) is 1.24. The highest BCUT2D eigenvalue weighted by atomic mass is 16.5. The van der Waals surface area contributed by atoms with Gasteiger partial charge in [0.25, 0.3) is 5.91 Å². The largest absolute Gasteiger partial charge is 0.376 e. The van der Waals surface area contributed by atoms with Crippen LogP contribution < -0.4 is 10.2 Å². The number of rotatable bonds is 4. The second-order valence-electron chi connectivity index (χ2n) is 7.54. The summed E-state index contributed by atoms with van der Waals surface area (Å²) >= 11 is 0. The molecule has 7 heteroatoms. The lowest BCUT2D eigenvalue weighted by molar-refractivity contribution is -0.125. The van der Waals surface area contributed by atoms with Gasteiger partial charge < -0.3 is 19.9 Å². The van der Waals surface area contributed by atoms with Crippen LogP contribution in [0.1, 0.15) is 41.6 Å². The third-order valence-corrected chi connectivity index (χ3v) is 5.59. The number of benzene rings is 1. The van der Waals surface area contributed by atoms with Crippen LogP contribution in [0.4, 0.5) is 5.69 Å². The van der Waals surface area contributed by atoms with Crippen LogP contribution in [0.2, 0.25) is 0 Å². The van der Waals surface area contributed by atoms with Gasteiger partial charge in [0.15, 0.2) is 0 Å². The summed E-state index contributed by atoms with van der Waals surface area (Å²) in [5, 5.41) is 2.87. The number of nitrogens with one attached hydrogen (secondary N) is 1. The molecule has 7 nitrogen and oxygen atoms in total. The van der Waals surface area contributed by atoms with Crippen LogP contribution >= 0.6 is 0 Å². The van der Waals surface area contributed by atoms with Gasteiger partial charge in [0.05, 0.1) is 17.4 Å². The minimum Gasteiger partial charge on any atom is -0.376 e. The zero-order valence-electron chi connectivity index (χ0n) is 15.6. The summed E-state index contributed by atoms with van der Waals surface area (Å²) in [6.07, 6.45) is 3.46. The van der Waals surface area contributed by atoms with Crippen molar-refractivity contribution in [3.63, 3.8) is 0 Å². The molecule has 1 N–H and O–H groups in total. The number of fused-ring (bicyclic) bond motifs is 2. The third kappa shape index (κ3) is 3.43. The number of carbonyl (C=O) groups is 3. The Morgan fingerprint density at radius 3 is 2.89 bits per heavy atom. The van der Waals surface area contributed by atoms with E-state index in [0.717, 1.165) is 31.4 Å². The molecule has 1 aromatic rings. The van der Waals surface area contributed by atoms with E-state index in [2.05, 4.69) is 5.32 Å². The maximum absolute atomic E-state index is 13.1. The molecule has 0 unspecified atom stereocenters. The SMILES string of the molecule is Cc1ccc2c(c1)C(=O)N1CCC[C@H]1C(=O)N2CC(=O)NC[C@H]1CCCO1. The third-order valence-electron chi connectivity index (χ3n) is 5.59. The summed E-state index contributed by atoms with van der Waals surface area (Å²) in [6.45, 7) is 3.61. The van der Waals surface area contributed by atoms with Crippen LogP contribution in [0.15, 0.2) is 18.2 Å². The van der Waals surface area contributed by atoms with E-state index in [0.29, 0.717) is 30.8 Å². The normalized spacial score (nSPS) is 24.6. The number of hydrogen-bond donors (Lipinski definition) is 1. The van der Waals surface area contributed by atoms with Crippen molar-refractivity contribution in [2.45, 2.75) is 44.8 Å². The van der Waals surface area contributed by atoms with Gasteiger partial charge in [-0.1, -0.05) is 11.6 Å². The van der Waals surface area contributed by atoms with Gasteiger partial charge in [-0.3, -0.25) is 14.4 Å². The molecule has 2 atom stereocenters. The second kappa shape index (κ2) is 7.31. The van der Waals surface area contributed by atoms with Crippen molar-refractivity contribution in [3.8, 4) is 0 Å². The van der Waals surface area contributed by atoms with E-state index in [1.54, 1.807) is 11.0 Å². The monoisotopic (exact) mass is 371 g/mol. The van der Waals surface area contributed by atoms with E-state index in [4.69, 9.17) is 4.74 Å². The van der Waals surface area contributed by atoms with Crippen LogP contribution in [0, 0.1) is 6.92 Å². The average Bonchev–Trinajstić information content (AvgIpc) is 3.33. The first kappa shape index (κ1) is 18.0. The van der Waals surface area contributed by atoms with Gasteiger partial charge in [0, 0.05) is 19.7 Å². The van der Waals surface area contributed by atoms with Gasteiger partial charge in [-0.2, -0.15) is 0 Å². The molecule has 0 aliphatic carbocycles. The van der Waals surface area contributed by atoms with Gasteiger partial charge >= 0.3 is 0 Å². The van der Waals surface area contributed by atoms with Crippen LogP contribution in [-0.4, -0.2) is 61.0 Å². The minimum absolute atomic E-state index is 0.0515. The standard InChI is InChI=1S/C20H25N3O4/c1-13-6-7-16-15(10-13)19(25)22-8-2-5-17(22)20(26)23(16)12-18(24)21-11-14-4-3-9-27-14/h6-7,10,14,17H,2-5,8-9,11-12H2,1H3,(H,21,24)/t14-,17+/m1/s1. The minimum atomic E-state index is -0.476. The fourth-order valence-corrected chi connectivity index (χ4v) is 4.17. The van der Waals surface area contributed by atoms with Gasteiger partial charge in [0.2, 0.25) is 11.8 Å². The fraction of sp³-hybridized carbons (Fsp3) is 0.550. The smallest absolute Gasteiger partial charge is 0.256 e. The lowest BCUT2D eigenvalue weighted by atomic mass is 10.1. The zero-order valence-corrected chi connectivity index (χ0v) is 15.6. The molecule has 27 heavy (non-hydrogen) atoms. The van der Waals surface area contributed by atoms with E-state index in [1.165, 1.54) is 4.90 Å². The van der Waals surface area contributed by atoms with E-state index in [9.17, 15) is 14.4 Å². The number of carbonyl (C=O) groups excluding carboxylic acids is 3. The summed E-state index contributed by atoms with van der Waals surface area (Å²) in [5.41, 5.74) is 1.98. The number of aryl methyl sites for hydroxylation is 1. The molecular formula is C20H25N3O4. The molecule has 144 valence electrons. The molecule has 3 heterocycles. The van der Waals surface area contributed by atoms with E-state index < -0.39 is 6.04 Å². The summed E-state index contributed by atoms with van der Waals surface area (Å²) in [4.78, 5) is 41.8. The van der Waals surface area contributed by atoms with Crippen molar-refractivity contribution < 1.29 is 19.1 Å². The molecule has 3 amide bonds. The summed E-state index contributed by atoms with van der Waals surface area (Å²) in [7, 11) is 0. The number of hydrogen-bond acceptors (Lipinski definition) is 4. The predicted molar refractivity (Wildman–Crippen MR) is 99.6 cm³/mol. The molecule has 4 rings (SSSR count). The maximum Gasteiger partial charge on any atom is 0.256 e. The molecule has 0 radical (unpaired) electrons. The maximum atomic E-state index is 13.1. The molecule has 2 saturated heterocycles. The molecule has 0 saturated carbocycles. The van der Waals surface area contributed by atoms with Gasteiger partial charge in [-0.05, 0) is 44.7 Å². The van der Waals surface area contributed by atoms with Crippen molar-refractivity contribution in [1.82, 2.24) is 10.2 Å². The first-order valence-corrected chi connectivity index (χ1v) is 9.66. The molecule has 2 fully saturated rings. The number of nitrogens with zero attached hydrogens (tertiary/aromatic N) is 2. The molecule has 3 aliphatic rings. The van der Waals surface area contributed by atoms with E-state index in [-0.39, 0.29) is 30.4 Å².